The van der Waals surface area contributed by atoms with Gasteiger partial charge in [0.2, 0.25) is 0 Å². The SMILES string of the molecule is C[C-]1CC2C=Cc3ccccc3C2C1. The summed E-state index contributed by atoms with van der Waals surface area (Å²) in [4.78, 5) is 0. The topological polar surface area (TPSA) is 0 Å². The highest BCUT2D eigenvalue weighted by atomic mass is 14.4. The van der Waals surface area contributed by atoms with E-state index in [0.717, 1.165) is 11.8 Å². The third kappa shape index (κ3) is 1.13. The molecule has 2 atom stereocenters. The lowest BCUT2D eigenvalue weighted by molar-refractivity contribution is 0.585. The van der Waals surface area contributed by atoms with E-state index in [0.29, 0.717) is 0 Å². The van der Waals surface area contributed by atoms with Crippen molar-refractivity contribution in [2.75, 3.05) is 0 Å². The molecule has 3 rings (SSSR count). The van der Waals surface area contributed by atoms with E-state index in [1.807, 2.05) is 0 Å². The average Bonchev–Trinajstić information content (AvgIpc) is 2.59. The summed E-state index contributed by atoms with van der Waals surface area (Å²) in [6, 6.07) is 8.84. The number of rotatable bonds is 0. The lowest BCUT2D eigenvalue weighted by Crippen LogP contribution is -2.08. The van der Waals surface area contributed by atoms with Gasteiger partial charge < -0.3 is 5.92 Å². The van der Waals surface area contributed by atoms with Crippen molar-refractivity contribution < 1.29 is 0 Å². The van der Waals surface area contributed by atoms with Crippen molar-refractivity contribution in [3.63, 3.8) is 0 Å². The molecule has 1 saturated carbocycles. The summed E-state index contributed by atoms with van der Waals surface area (Å²) in [5.41, 5.74) is 3.00. The van der Waals surface area contributed by atoms with E-state index in [-0.39, 0.29) is 0 Å². The number of fused-ring (bicyclic) bond motifs is 3. The zero-order valence-corrected chi connectivity index (χ0v) is 8.53. The van der Waals surface area contributed by atoms with Gasteiger partial charge in [0.1, 0.15) is 0 Å². The summed E-state index contributed by atoms with van der Waals surface area (Å²) in [6.07, 6.45) is 7.31. The van der Waals surface area contributed by atoms with Crippen LogP contribution in [0.2, 0.25) is 0 Å². The van der Waals surface area contributed by atoms with Crippen LogP contribution in [-0.4, -0.2) is 0 Å². The summed E-state index contributed by atoms with van der Waals surface area (Å²) in [5, 5.41) is 0. The van der Waals surface area contributed by atoms with E-state index < -0.39 is 0 Å². The molecule has 0 radical (unpaired) electrons. The molecule has 0 heterocycles. The van der Waals surface area contributed by atoms with Gasteiger partial charge in [-0.05, 0) is 23.0 Å². The molecule has 14 heavy (non-hydrogen) atoms. The average molecular weight is 183 g/mol. The van der Waals surface area contributed by atoms with Crippen molar-refractivity contribution in [2.45, 2.75) is 25.7 Å². The first-order chi connectivity index (χ1) is 6.84. The van der Waals surface area contributed by atoms with Crippen LogP contribution >= 0.6 is 0 Å². The van der Waals surface area contributed by atoms with Crippen molar-refractivity contribution >= 4 is 6.08 Å². The van der Waals surface area contributed by atoms with Crippen LogP contribution in [0.5, 0.6) is 0 Å². The Kier molecular flexibility index (Phi) is 1.76. The maximum Gasteiger partial charge on any atom is -0.0226 e. The minimum absolute atomic E-state index is 0.774. The van der Waals surface area contributed by atoms with E-state index in [2.05, 4.69) is 43.3 Å². The molecule has 72 valence electrons. The van der Waals surface area contributed by atoms with Gasteiger partial charge in [0.05, 0.1) is 0 Å². The standard InChI is InChI=1S/C14H15/c1-10-8-12-7-6-11-4-2-3-5-13(11)14(12)9-10/h2-7,12,14H,8-9H2,1H3/q-1. The van der Waals surface area contributed by atoms with Gasteiger partial charge in [-0.15, -0.1) is 0 Å². The Hall–Kier alpha value is -1.04. The molecule has 0 heteroatoms. The lowest BCUT2D eigenvalue weighted by Gasteiger charge is -2.25. The summed E-state index contributed by atoms with van der Waals surface area (Å²) in [5.74, 6) is 3.22. The predicted octanol–water partition coefficient (Wildman–Crippen LogP) is 3.80. The van der Waals surface area contributed by atoms with Crippen molar-refractivity contribution in [1.82, 2.24) is 0 Å². The second kappa shape index (κ2) is 2.98. The molecular weight excluding hydrogens is 168 g/mol. The minimum Gasteiger partial charge on any atom is -0.316 e. The molecule has 1 aromatic rings. The fraction of sp³-hybridized carbons (Fsp3) is 0.357. The molecule has 0 bridgehead atoms. The monoisotopic (exact) mass is 183 g/mol. The van der Waals surface area contributed by atoms with Crippen molar-refractivity contribution in [2.24, 2.45) is 5.92 Å². The maximum atomic E-state index is 2.41. The van der Waals surface area contributed by atoms with E-state index in [1.54, 1.807) is 11.5 Å². The van der Waals surface area contributed by atoms with E-state index in [4.69, 9.17) is 0 Å². The third-order valence-corrected chi connectivity index (χ3v) is 3.59. The number of hydrogen-bond donors (Lipinski definition) is 0. The van der Waals surface area contributed by atoms with Crippen molar-refractivity contribution in [1.29, 1.82) is 0 Å². The van der Waals surface area contributed by atoms with Crippen LogP contribution < -0.4 is 0 Å². The molecule has 2 aliphatic rings. The Balaban J connectivity index is 2.07. The molecule has 0 amide bonds. The van der Waals surface area contributed by atoms with Gasteiger partial charge >= 0.3 is 0 Å². The van der Waals surface area contributed by atoms with Crippen LogP contribution in [0, 0.1) is 11.8 Å². The van der Waals surface area contributed by atoms with Gasteiger partial charge in [-0.25, -0.2) is 0 Å². The largest absolute Gasteiger partial charge is 0.316 e. The molecule has 0 N–H and O–H groups in total. The Morgan fingerprint density at radius 2 is 2.07 bits per heavy atom. The maximum absolute atomic E-state index is 2.41. The second-order valence-corrected chi connectivity index (χ2v) is 4.62. The van der Waals surface area contributed by atoms with Crippen LogP contribution in [0.15, 0.2) is 30.3 Å². The number of benzene rings is 1. The van der Waals surface area contributed by atoms with Crippen LogP contribution in [-0.2, 0) is 0 Å². The van der Waals surface area contributed by atoms with Crippen LogP contribution in [0.3, 0.4) is 0 Å². The first-order valence-electron chi connectivity index (χ1n) is 5.43. The highest BCUT2D eigenvalue weighted by molar-refractivity contribution is 5.59. The van der Waals surface area contributed by atoms with Crippen LogP contribution in [0.25, 0.3) is 6.08 Å². The molecule has 0 nitrogen and oxygen atoms in total. The zero-order valence-electron chi connectivity index (χ0n) is 8.53. The van der Waals surface area contributed by atoms with Crippen molar-refractivity contribution in [3.05, 3.63) is 47.4 Å². The summed E-state index contributed by atoms with van der Waals surface area (Å²) < 4.78 is 0. The fourth-order valence-electron chi connectivity index (χ4n) is 2.93. The normalized spacial score (nSPS) is 30.1. The Morgan fingerprint density at radius 1 is 1.21 bits per heavy atom. The highest BCUT2D eigenvalue weighted by Gasteiger charge is 2.27. The Bertz CT molecular complexity index is 375. The van der Waals surface area contributed by atoms with Gasteiger partial charge in [-0.2, -0.15) is 19.8 Å². The lowest BCUT2D eigenvalue weighted by atomic mass is 9.82. The second-order valence-electron chi connectivity index (χ2n) is 4.62. The minimum atomic E-state index is 0.774. The van der Waals surface area contributed by atoms with E-state index >= 15 is 0 Å². The molecule has 0 aromatic heterocycles. The molecule has 0 aliphatic heterocycles. The number of hydrogen-bond acceptors (Lipinski definition) is 0. The molecule has 1 aromatic carbocycles. The summed E-state index contributed by atoms with van der Waals surface area (Å²) >= 11 is 0. The van der Waals surface area contributed by atoms with Crippen molar-refractivity contribution in [3.8, 4) is 0 Å². The van der Waals surface area contributed by atoms with E-state index in [1.165, 1.54) is 18.4 Å². The zero-order chi connectivity index (χ0) is 9.54. The molecule has 2 aliphatic carbocycles. The van der Waals surface area contributed by atoms with Crippen LogP contribution in [0.4, 0.5) is 0 Å². The van der Waals surface area contributed by atoms with Gasteiger partial charge in [-0.1, -0.05) is 36.4 Å². The van der Waals surface area contributed by atoms with Gasteiger partial charge in [0.25, 0.3) is 0 Å². The Morgan fingerprint density at radius 3 is 3.00 bits per heavy atom. The molecule has 0 saturated heterocycles. The predicted molar refractivity (Wildman–Crippen MR) is 59.9 cm³/mol. The smallest absolute Gasteiger partial charge is 0.0226 e. The first kappa shape index (κ1) is 8.28. The highest BCUT2D eigenvalue weighted by Crippen LogP contribution is 2.48. The summed E-state index contributed by atoms with van der Waals surface area (Å²) in [6.45, 7) is 2.30. The number of allylic oxidation sites excluding steroid dienone is 1. The van der Waals surface area contributed by atoms with Crippen LogP contribution in [0.1, 0.15) is 36.8 Å². The van der Waals surface area contributed by atoms with Gasteiger partial charge in [0.15, 0.2) is 0 Å². The quantitative estimate of drug-likeness (QED) is 0.537. The molecule has 2 unspecified atom stereocenters. The fourth-order valence-corrected chi connectivity index (χ4v) is 2.93. The third-order valence-electron chi connectivity index (χ3n) is 3.59. The molecular formula is C14H15-. The summed E-state index contributed by atoms with van der Waals surface area (Å²) in [7, 11) is 0. The van der Waals surface area contributed by atoms with Gasteiger partial charge in [-0.3, -0.25) is 0 Å². The van der Waals surface area contributed by atoms with E-state index in [9.17, 15) is 0 Å². The molecule has 0 spiro atoms. The first-order valence-corrected chi connectivity index (χ1v) is 5.43. The van der Waals surface area contributed by atoms with Gasteiger partial charge in [0, 0.05) is 0 Å². The Labute approximate surface area is 85.6 Å². The molecule has 1 fully saturated rings.